The highest BCUT2D eigenvalue weighted by molar-refractivity contribution is 5.99. The van der Waals surface area contributed by atoms with E-state index >= 15 is 0 Å². The number of carbonyl (C=O) groups excluding carboxylic acids is 2. The van der Waals surface area contributed by atoms with Gasteiger partial charge in [0.15, 0.2) is 0 Å². The van der Waals surface area contributed by atoms with E-state index in [4.69, 9.17) is 5.11 Å². The summed E-state index contributed by atoms with van der Waals surface area (Å²) in [4.78, 5) is 28.2. The van der Waals surface area contributed by atoms with Crippen LogP contribution in [0.15, 0.2) is 18.2 Å². The molecule has 2 saturated heterocycles. The molecule has 3 rings (SSSR count). The van der Waals surface area contributed by atoms with Crippen LogP contribution in [0.5, 0.6) is 0 Å². The molecule has 0 spiro atoms. The fraction of sp³-hybridized carbons (Fsp3) is 0.556. The highest BCUT2D eigenvalue weighted by Gasteiger charge is 2.29. The first-order valence-electron chi connectivity index (χ1n) is 8.75. The van der Waals surface area contributed by atoms with Crippen molar-refractivity contribution in [1.29, 1.82) is 0 Å². The van der Waals surface area contributed by atoms with Gasteiger partial charge in [0.2, 0.25) is 0 Å². The molecule has 2 aliphatic heterocycles. The summed E-state index contributed by atoms with van der Waals surface area (Å²) in [6, 6.07) is 5.32. The van der Waals surface area contributed by atoms with Crippen molar-refractivity contribution in [2.45, 2.75) is 25.9 Å². The highest BCUT2D eigenvalue weighted by atomic mass is 16.3. The first-order valence-corrected chi connectivity index (χ1v) is 8.75. The molecule has 0 radical (unpaired) electrons. The molecule has 0 aromatic heterocycles. The van der Waals surface area contributed by atoms with Crippen molar-refractivity contribution in [1.82, 2.24) is 10.2 Å². The number of amides is 3. The van der Waals surface area contributed by atoms with E-state index < -0.39 is 6.10 Å². The van der Waals surface area contributed by atoms with Crippen molar-refractivity contribution in [3.05, 3.63) is 29.3 Å². The van der Waals surface area contributed by atoms with Crippen molar-refractivity contribution in [3.63, 3.8) is 0 Å². The second-order valence-corrected chi connectivity index (χ2v) is 6.76. The molecule has 25 heavy (non-hydrogen) atoms. The summed E-state index contributed by atoms with van der Waals surface area (Å²) in [7, 11) is 0. The number of urea groups is 1. The van der Waals surface area contributed by atoms with Crippen LogP contribution in [0, 0.1) is 12.8 Å². The number of rotatable bonds is 4. The van der Waals surface area contributed by atoms with Gasteiger partial charge in [0.05, 0.1) is 12.7 Å². The molecular formula is C18H25N3O4. The maximum Gasteiger partial charge on any atom is 0.322 e. The standard InChI is InChI=1S/C18H25N3O4/c1-12-2-3-14(10-15(12)21-9-6-19-18(21)25)17(24)20-7-4-13(5-8-20)16(23)11-22/h2-3,10,13,16,22-23H,4-9,11H2,1H3,(H,19,25). The molecule has 1 aromatic rings. The van der Waals surface area contributed by atoms with E-state index in [2.05, 4.69) is 5.32 Å². The highest BCUT2D eigenvalue weighted by Crippen LogP contribution is 2.26. The molecule has 1 aromatic carbocycles. The summed E-state index contributed by atoms with van der Waals surface area (Å²) in [6.07, 6.45) is 0.651. The largest absolute Gasteiger partial charge is 0.394 e. The van der Waals surface area contributed by atoms with Crippen LogP contribution >= 0.6 is 0 Å². The van der Waals surface area contributed by atoms with Gasteiger partial charge < -0.3 is 20.4 Å². The Labute approximate surface area is 147 Å². The molecule has 0 aliphatic carbocycles. The number of nitrogens with one attached hydrogen (secondary N) is 1. The van der Waals surface area contributed by atoms with E-state index in [1.165, 1.54) is 0 Å². The second kappa shape index (κ2) is 7.41. The van der Waals surface area contributed by atoms with Crippen LogP contribution in [0.3, 0.4) is 0 Å². The Kier molecular flexibility index (Phi) is 5.24. The number of likely N-dealkylation sites (tertiary alicyclic amines) is 1. The van der Waals surface area contributed by atoms with E-state index in [-0.39, 0.29) is 24.5 Å². The average molecular weight is 347 g/mol. The van der Waals surface area contributed by atoms with Gasteiger partial charge in [-0.1, -0.05) is 6.07 Å². The summed E-state index contributed by atoms with van der Waals surface area (Å²) in [5.74, 6) is -0.0197. The molecule has 3 amide bonds. The second-order valence-electron chi connectivity index (χ2n) is 6.76. The van der Waals surface area contributed by atoms with Gasteiger partial charge in [0, 0.05) is 37.4 Å². The maximum absolute atomic E-state index is 12.8. The van der Waals surface area contributed by atoms with Crippen molar-refractivity contribution in [2.75, 3.05) is 37.7 Å². The lowest BCUT2D eigenvalue weighted by Crippen LogP contribution is -2.42. The molecule has 0 bridgehead atoms. The van der Waals surface area contributed by atoms with Crippen LogP contribution < -0.4 is 10.2 Å². The SMILES string of the molecule is Cc1ccc(C(=O)N2CCC(C(O)CO)CC2)cc1N1CCNC1=O. The molecule has 7 heteroatoms. The lowest BCUT2D eigenvalue weighted by Gasteiger charge is -2.34. The van der Waals surface area contributed by atoms with Gasteiger partial charge in [0.25, 0.3) is 5.91 Å². The lowest BCUT2D eigenvalue weighted by molar-refractivity contribution is 0.0179. The molecule has 1 atom stereocenters. The van der Waals surface area contributed by atoms with E-state index in [0.29, 0.717) is 44.6 Å². The summed E-state index contributed by atoms with van der Waals surface area (Å²) in [5, 5.41) is 21.6. The number of piperidine rings is 1. The third-order valence-corrected chi connectivity index (χ3v) is 5.16. The average Bonchev–Trinajstić information content (AvgIpc) is 3.07. The Morgan fingerprint density at radius 3 is 2.64 bits per heavy atom. The Balaban J connectivity index is 1.72. The molecule has 2 heterocycles. The zero-order chi connectivity index (χ0) is 18.0. The van der Waals surface area contributed by atoms with Crippen LogP contribution in [-0.4, -0.2) is 65.9 Å². The number of benzene rings is 1. The predicted octanol–water partition coefficient (Wildman–Crippen LogP) is 0.730. The number of aliphatic hydroxyl groups excluding tert-OH is 2. The molecule has 2 fully saturated rings. The molecule has 0 saturated carbocycles. The molecule has 7 nitrogen and oxygen atoms in total. The smallest absolute Gasteiger partial charge is 0.322 e. The fourth-order valence-corrected chi connectivity index (χ4v) is 3.55. The zero-order valence-electron chi connectivity index (χ0n) is 14.4. The number of anilines is 1. The van der Waals surface area contributed by atoms with Crippen LogP contribution in [0.1, 0.15) is 28.8 Å². The maximum atomic E-state index is 12.8. The van der Waals surface area contributed by atoms with Gasteiger partial charge >= 0.3 is 6.03 Å². The van der Waals surface area contributed by atoms with Gasteiger partial charge in [-0.25, -0.2) is 4.79 Å². The van der Waals surface area contributed by atoms with Crippen LogP contribution in [0.4, 0.5) is 10.5 Å². The van der Waals surface area contributed by atoms with Gasteiger partial charge in [0.1, 0.15) is 0 Å². The van der Waals surface area contributed by atoms with Gasteiger partial charge in [-0.05, 0) is 43.4 Å². The number of aliphatic hydroxyl groups is 2. The van der Waals surface area contributed by atoms with Crippen molar-refractivity contribution < 1.29 is 19.8 Å². The summed E-state index contributed by atoms with van der Waals surface area (Å²) in [5.41, 5.74) is 2.30. The van der Waals surface area contributed by atoms with Crippen molar-refractivity contribution in [3.8, 4) is 0 Å². The lowest BCUT2D eigenvalue weighted by atomic mass is 9.91. The van der Waals surface area contributed by atoms with Gasteiger partial charge in [-0.15, -0.1) is 0 Å². The van der Waals surface area contributed by atoms with Crippen LogP contribution in [0.2, 0.25) is 0 Å². The molecule has 1 unspecified atom stereocenters. The minimum absolute atomic E-state index is 0.0379. The van der Waals surface area contributed by atoms with E-state index in [0.717, 1.165) is 11.3 Å². The molecule has 3 N–H and O–H groups in total. The van der Waals surface area contributed by atoms with Crippen molar-refractivity contribution >= 4 is 17.6 Å². The Hall–Kier alpha value is -2.12. The Morgan fingerprint density at radius 2 is 2.04 bits per heavy atom. The topological polar surface area (TPSA) is 93.1 Å². The predicted molar refractivity (Wildman–Crippen MR) is 93.6 cm³/mol. The molecule has 136 valence electrons. The first kappa shape index (κ1) is 17.7. The Bertz CT molecular complexity index is 656. The minimum Gasteiger partial charge on any atom is -0.394 e. The minimum atomic E-state index is -0.711. The third kappa shape index (κ3) is 3.62. The van der Waals surface area contributed by atoms with E-state index in [1.54, 1.807) is 21.9 Å². The normalized spacial score (nSPS) is 19.9. The number of nitrogens with zero attached hydrogens (tertiary/aromatic N) is 2. The van der Waals surface area contributed by atoms with E-state index in [1.807, 2.05) is 13.0 Å². The van der Waals surface area contributed by atoms with E-state index in [9.17, 15) is 14.7 Å². The zero-order valence-corrected chi connectivity index (χ0v) is 14.4. The van der Waals surface area contributed by atoms with Crippen molar-refractivity contribution in [2.24, 2.45) is 5.92 Å². The summed E-state index contributed by atoms with van der Waals surface area (Å²) >= 11 is 0. The summed E-state index contributed by atoms with van der Waals surface area (Å²) in [6.45, 7) is 4.02. The van der Waals surface area contributed by atoms with Crippen LogP contribution in [0.25, 0.3) is 0 Å². The number of carbonyl (C=O) groups is 2. The third-order valence-electron chi connectivity index (χ3n) is 5.16. The first-order chi connectivity index (χ1) is 12.0. The van der Waals surface area contributed by atoms with Gasteiger partial charge in [-0.2, -0.15) is 0 Å². The Morgan fingerprint density at radius 1 is 1.32 bits per heavy atom. The fourth-order valence-electron chi connectivity index (χ4n) is 3.55. The monoisotopic (exact) mass is 347 g/mol. The number of hydrogen-bond acceptors (Lipinski definition) is 4. The number of hydrogen-bond donors (Lipinski definition) is 3. The quantitative estimate of drug-likeness (QED) is 0.749. The van der Waals surface area contributed by atoms with Crippen LogP contribution in [-0.2, 0) is 0 Å². The molecular weight excluding hydrogens is 322 g/mol. The number of aryl methyl sites for hydroxylation is 1. The molecule has 2 aliphatic rings. The van der Waals surface area contributed by atoms with Gasteiger partial charge in [-0.3, -0.25) is 9.69 Å². The summed E-state index contributed by atoms with van der Waals surface area (Å²) < 4.78 is 0.